The number of fused-ring (bicyclic) bond motifs is 3. The van der Waals surface area contributed by atoms with Crippen LogP contribution in [0.5, 0.6) is 0 Å². The van der Waals surface area contributed by atoms with Crippen LogP contribution in [0.15, 0.2) is 30.3 Å². The van der Waals surface area contributed by atoms with Crippen molar-refractivity contribution in [2.24, 2.45) is 0 Å². The van der Waals surface area contributed by atoms with Gasteiger partial charge in [-0.3, -0.25) is 30.3 Å². The first-order valence-corrected chi connectivity index (χ1v) is 6.12. The van der Waals surface area contributed by atoms with Gasteiger partial charge in [-0.15, -0.1) is 0 Å². The van der Waals surface area contributed by atoms with Gasteiger partial charge in [-0.1, -0.05) is 12.1 Å². The van der Waals surface area contributed by atoms with Crippen molar-refractivity contribution in [2.45, 2.75) is 6.42 Å². The molecule has 0 bridgehead atoms. The Bertz CT molecular complexity index is 861. The molecule has 0 aromatic heterocycles. The third kappa shape index (κ3) is 1.87. The van der Waals surface area contributed by atoms with E-state index >= 15 is 0 Å². The molecule has 22 heavy (non-hydrogen) atoms. The van der Waals surface area contributed by atoms with E-state index in [0.29, 0.717) is 11.1 Å². The Morgan fingerprint density at radius 1 is 0.773 bits per heavy atom. The first-order valence-electron chi connectivity index (χ1n) is 6.12. The predicted octanol–water partition coefficient (Wildman–Crippen LogP) is 2.98. The van der Waals surface area contributed by atoms with Gasteiger partial charge in [0.2, 0.25) is 0 Å². The molecule has 1 aliphatic carbocycles. The highest BCUT2D eigenvalue weighted by Gasteiger charge is 2.35. The maximum absolute atomic E-state index is 11.2. The molecule has 0 unspecified atom stereocenters. The fourth-order valence-electron chi connectivity index (χ4n) is 2.73. The van der Waals surface area contributed by atoms with E-state index in [2.05, 4.69) is 0 Å². The Hall–Kier alpha value is -3.36. The highest BCUT2D eigenvalue weighted by Crippen LogP contribution is 2.48. The molecule has 0 N–H and O–H groups in total. The van der Waals surface area contributed by atoms with Crippen molar-refractivity contribution in [3.05, 3.63) is 71.8 Å². The minimum atomic E-state index is -0.752. The average molecular weight is 301 g/mol. The molecule has 0 spiro atoms. The lowest BCUT2D eigenvalue weighted by atomic mass is 10.0. The summed E-state index contributed by atoms with van der Waals surface area (Å²) in [6.07, 6.45) is 0.189. The summed E-state index contributed by atoms with van der Waals surface area (Å²) in [5.74, 6) is 0. The molecule has 1 aliphatic rings. The molecule has 0 saturated carbocycles. The lowest BCUT2D eigenvalue weighted by Gasteiger charge is -2.04. The lowest BCUT2D eigenvalue weighted by molar-refractivity contribution is -0.394. The number of nitro benzene ring substituents is 3. The van der Waals surface area contributed by atoms with Gasteiger partial charge in [0.25, 0.3) is 17.1 Å². The number of benzene rings is 2. The fraction of sp³-hybridized carbons (Fsp3) is 0.0769. The zero-order chi connectivity index (χ0) is 16.0. The molecule has 2 aromatic carbocycles. The van der Waals surface area contributed by atoms with Gasteiger partial charge >= 0.3 is 0 Å². The summed E-state index contributed by atoms with van der Waals surface area (Å²) >= 11 is 0. The Morgan fingerprint density at radius 2 is 1.41 bits per heavy atom. The molecule has 110 valence electrons. The van der Waals surface area contributed by atoms with Gasteiger partial charge in [0.05, 0.1) is 32.0 Å². The standard InChI is InChI=1S/C13H7N3O6/c17-14(18)9-5-8-4-7-2-1-3-10(15(19)20)12(7)13(8)11(6-9)16(21)22/h1-3,5-6H,4H2. The summed E-state index contributed by atoms with van der Waals surface area (Å²) in [4.78, 5) is 31.2. The molecule has 0 heterocycles. The quantitative estimate of drug-likeness (QED) is 0.540. The molecule has 0 fully saturated rings. The van der Waals surface area contributed by atoms with Gasteiger partial charge in [-0.05, 0) is 17.5 Å². The van der Waals surface area contributed by atoms with Crippen LogP contribution in [0, 0.1) is 30.3 Å². The minimum Gasteiger partial charge on any atom is -0.258 e. The molecular weight excluding hydrogens is 294 g/mol. The van der Waals surface area contributed by atoms with Gasteiger partial charge in [-0.2, -0.15) is 0 Å². The molecule has 0 saturated heterocycles. The normalized spacial score (nSPS) is 11.6. The van der Waals surface area contributed by atoms with Crippen LogP contribution in [-0.2, 0) is 6.42 Å². The molecule has 0 aliphatic heterocycles. The van der Waals surface area contributed by atoms with E-state index in [1.807, 2.05) is 0 Å². The highest BCUT2D eigenvalue weighted by molar-refractivity contribution is 5.90. The number of rotatable bonds is 3. The third-order valence-electron chi connectivity index (χ3n) is 3.55. The second-order valence-corrected chi connectivity index (χ2v) is 4.76. The number of hydrogen-bond acceptors (Lipinski definition) is 6. The Morgan fingerprint density at radius 3 is 2.00 bits per heavy atom. The molecule has 0 radical (unpaired) electrons. The van der Waals surface area contributed by atoms with Crippen molar-refractivity contribution < 1.29 is 14.8 Å². The lowest BCUT2D eigenvalue weighted by Crippen LogP contribution is -1.98. The van der Waals surface area contributed by atoms with Crippen LogP contribution in [0.4, 0.5) is 17.1 Å². The van der Waals surface area contributed by atoms with Gasteiger partial charge in [0.15, 0.2) is 0 Å². The molecule has 0 amide bonds. The van der Waals surface area contributed by atoms with Crippen LogP contribution >= 0.6 is 0 Å². The molecule has 2 aromatic rings. The zero-order valence-corrected chi connectivity index (χ0v) is 10.9. The maximum atomic E-state index is 11.2. The van der Waals surface area contributed by atoms with Crippen LogP contribution in [0.3, 0.4) is 0 Å². The average Bonchev–Trinajstić information content (AvgIpc) is 2.83. The van der Waals surface area contributed by atoms with E-state index in [-0.39, 0.29) is 23.2 Å². The summed E-state index contributed by atoms with van der Waals surface area (Å²) in [6, 6.07) is 6.44. The van der Waals surface area contributed by atoms with Crippen LogP contribution in [0.2, 0.25) is 0 Å². The second-order valence-electron chi connectivity index (χ2n) is 4.76. The monoisotopic (exact) mass is 301 g/mol. The third-order valence-corrected chi connectivity index (χ3v) is 3.55. The summed E-state index contributed by atoms with van der Waals surface area (Å²) in [7, 11) is 0. The van der Waals surface area contributed by atoms with Crippen molar-refractivity contribution >= 4 is 17.1 Å². The number of nitrogens with zero attached hydrogens (tertiary/aromatic N) is 3. The van der Waals surface area contributed by atoms with Gasteiger partial charge in [0, 0.05) is 12.1 Å². The summed E-state index contributed by atoms with van der Waals surface area (Å²) in [5.41, 5.74) is 0.0337. The summed E-state index contributed by atoms with van der Waals surface area (Å²) in [5, 5.41) is 33.3. The van der Waals surface area contributed by atoms with Crippen molar-refractivity contribution in [1.82, 2.24) is 0 Å². The molecular formula is C13H7N3O6. The van der Waals surface area contributed by atoms with Gasteiger partial charge in [-0.25, -0.2) is 0 Å². The summed E-state index contributed by atoms with van der Waals surface area (Å²) < 4.78 is 0. The van der Waals surface area contributed by atoms with E-state index in [1.165, 1.54) is 18.2 Å². The van der Waals surface area contributed by atoms with E-state index in [4.69, 9.17) is 0 Å². The zero-order valence-electron chi connectivity index (χ0n) is 10.9. The van der Waals surface area contributed by atoms with Crippen LogP contribution in [-0.4, -0.2) is 14.8 Å². The van der Waals surface area contributed by atoms with E-state index in [1.54, 1.807) is 6.07 Å². The van der Waals surface area contributed by atoms with E-state index in [9.17, 15) is 30.3 Å². The van der Waals surface area contributed by atoms with E-state index in [0.717, 1.165) is 6.07 Å². The van der Waals surface area contributed by atoms with Crippen LogP contribution in [0.1, 0.15) is 11.1 Å². The predicted molar refractivity (Wildman–Crippen MR) is 74.6 cm³/mol. The molecule has 3 rings (SSSR count). The van der Waals surface area contributed by atoms with Gasteiger partial charge in [0.1, 0.15) is 0 Å². The Balaban J connectivity index is 2.37. The number of hydrogen-bond donors (Lipinski definition) is 0. The fourth-order valence-corrected chi connectivity index (χ4v) is 2.73. The molecule has 9 nitrogen and oxygen atoms in total. The maximum Gasteiger partial charge on any atom is 0.284 e. The van der Waals surface area contributed by atoms with E-state index < -0.39 is 26.1 Å². The number of non-ortho nitro benzene ring substituents is 1. The topological polar surface area (TPSA) is 129 Å². The second kappa shape index (κ2) is 4.58. The largest absolute Gasteiger partial charge is 0.284 e. The van der Waals surface area contributed by atoms with Gasteiger partial charge < -0.3 is 0 Å². The van der Waals surface area contributed by atoms with Crippen LogP contribution in [0.25, 0.3) is 11.1 Å². The first-order chi connectivity index (χ1) is 10.4. The van der Waals surface area contributed by atoms with Crippen molar-refractivity contribution in [3.8, 4) is 11.1 Å². The SMILES string of the molecule is O=[N+]([O-])c1cc2c(c([N+](=O)[O-])c1)-c1c(cccc1[N+](=O)[O-])C2. The van der Waals surface area contributed by atoms with Crippen molar-refractivity contribution in [3.63, 3.8) is 0 Å². The summed E-state index contributed by atoms with van der Waals surface area (Å²) in [6.45, 7) is 0. The first kappa shape index (κ1) is 13.6. The smallest absolute Gasteiger partial charge is 0.258 e. The minimum absolute atomic E-state index is 0.0953. The van der Waals surface area contributed by atoms with Crippen molar-refractivity contribution in [2.75, 3.05) is 0 Å². The highest BCUT2D eigenvalue weighted by atomic mass is 16.6. The van der Waals surface area contributed by atoms with Crippen LogP contribution < -0.4 is 0 Å². The number of nitro groups is 3. The molecule has 0 atom stereocenters. The Labute approximate surface area is 122 Å². The Kier molecular flexibility index (Phi) is 2.84. The molecule has 9 heteroatoms. The van der Waals surface area contributed by atoms with Crippen molar-refractivity contribution in [1.29, 1.82) is 0 Å².